The zero-order chi connectivity index (χ0) is 36.2. The first-order chi connectivity index (χ1) is 23.6. The Morgan fingerprint density at radius 1 is 0.980 bits per heavy atom. The summed E-state index contributed by atoms with van der Waals surface area (Å²) in [5.74, 6) is -7.31. The van der Waals surface area contributed by atoms with Gasteiger partial charge < -0.3 is 25.6 Å². The average Bonchev–Trinajstić information content (AvgIpc) is 3.09. The van der Waals surface area contributed by atoms with Gasteiger partial charge in [0.05, 0.1) is 17.6 Å². The number of hydroxylamine groups is 2. The van der Waals surface area contributed by atoms with E-state index in [1.54, 1.807) is 30.0 Å². The number of anilines is 1. The number of alkyl halides is 6. The van der Waals surface area contributed by atoms with E-state index in [4.69, 9.17) is 5.73 Å². The molecule has 1 aliphatic heterocycles. The van der Waals surface area contributed by atoms with Crippen LogP contribution in [0.3, 0.4) is 0 Å². The summed E-state index contributed by atoms with van der Waals surface area (Å²) in [4.78, 5) is 55.6. The maximum Gasteiger partial charge on any atom is 0.493 e. The largest absolute Gasteiger partial charge is 0.493 e. The van der Waals surface area contributed by atoms with Gasteiger partial charge in [0.2, 0.25) is 5.82 Å². The fraction of sp³-hybridized carbons (Fsp3) is 0.375. The molecule has 3 aromatic rings. The number of aromatic nitrogens is 2. The molecule has 0 radical (unpaired) electrons. The molecule has 2 unspecified atom stereocenters. The molecule has 266 valence electrons. The summed E-state index contributed by atoms with van der Waals surface area (Å²) >= 11 is 0. The number of aryl methyl sites for hydroxylation is 1. The van der Waals surface area contributed by atoms with Crippen molar-refractivity contribution in [2.45, 2.75) is 63.5 Å². The third-order valence-electron chi connectivity index (χ3n) is 8.13. The molecule has 1 amide bonds. The number of guanidine groups is 1. The number of amides is 1. The molecule has 12 nitrogen and oxygen atoms in total. The highest BCUT2D eigenvalue weighted by molar-refractivity contribution is 5.97. The van der Waals surface area contributed by atoms with E-state index in [2.05, 4.69) is 30.1 Å². The second-order valence-electron chi connectivity index (χ2n) is 11.6. The van der Waals surface area contributed by atoms with E-state index in [0.717, 1.165) is 16.7 Å². The molecule has 5 rings (SSSR count). The normalized spacial score (nSPS) is 18.7. The lowest BCUT2D eigenvalue weighted by Gasteiger charge is -2.38. The number of nitrogens with zero attached hydrogens (tertiary/aromatic N) is 5. The van der Waals surface area contributed by atoms with Crippen LogP contribution in [0.25, 0.3) is 16.5 Å². The monoisotopic (exact) mass is 707 g/mol. The summed E-state index contributed by atoms with van der Waals surface area (Å²) in [7, 11) is 0. The number of carbonyl (C=O) groups excluding carboxylic acids is 3. The van der Waals surface area contributed by atoms with Crippen molar-refractivity contribution < 1.29 is 50.4 Å². The number of halogens is 6. The number of oxime groups is 1. The van der Waals surface area contributed by atoms with Gasteiger partial charge in [-0.05, 0) is 54.6 Å². The van der Waals surface area contributed by atoms with E-state index >= 15 is 0 Å². The van der Waals surface area contributed by atoms with Gasteiger partial charge in [0.1, 0.15) is 5.82 Å². The lowest BCUT2D eigenvalue weighted by Crippen LogP contribution is -2.55. The Hall–Kier alpha value is -5.42. The van der Waals surface area contributed by atoms with Crippen molar-refractivity contribution in [3.05, 3.63) is 71.6 Å². The smallest absolute Gasteiger partial charge is 0.365 e. The summed E-state index contributed by atoms with van der Waals surface area (Å²) in [6.45, 7) is 2.48. The number of hydrogen-bond donors (Lipinski definition) is 2. The number of nitrogens with one attached hydrogen (secondary N) is 1. The third-order valence-corrected chi connectivity index (χ3v) is 8.13. The second-order valence-corrected chi connectivity index (χ2v) is 11.6. The van der Waals surface area contributed by atoms with Crippen LogP contribution in [0.15, 0.2) is 59.8 Å². The van der Waals surface area contributed by atoms with Crippen molar-refractivity contribution in [1.82, 2.24) is 19.9 Å². The number of benzene rings is 2. The van der Waals surface area contributed by atoms with Gasteiger partial charge in [0.25, 0.3) is 11.9 Å². The molecule has 2 aromatic carbocycles. The van der Waals surface area contributed by atoms with Gasteiger partial charge in [0, 0.05) is 18.5 Å². The topological polar surface area (TPSA) is 152 Å². The Morgan fingerprint density at radius 3 is 2.34 bits per heavy atom. The molecule has 2 aliphatic rings. The fourth-order valence-corrected chi connectivity index (χ4v) is 5.70. The van der Waals surface area contributed by atoms with E-state index in [1.165, 1.54) is 0 Å². The predicted octanol–water partition coefficient (Wildman–Crippen LogP) is 5.25. The Morgan fingerprint density at radius 2 is 1.68 bits per heavy atom. The van der Waals surface area contributed by atoms with Gasteiger partial charge >= 0.3 is 24.3 Å². The minimum Gasteiger partial charge on any atom is -0.365 e. The second kappa shape index (κ2) is 14.6. The van der Waals surface area contributed by atoms with Crippen LogP contribution in [0.5, 0.6) is 0 Å². The molecule has 0 bridgehead atoms. The Bertz CT molecular complexity index is 1820. The zero-order valence-corrected chi connectivity index (χ0v) is 26.4. The van der Waals surface area contributed by atoms with Crippen LogP contribution in [0.2, 0.25) is 0 Å². The maximum absolute atomic E-state index is 13.7. The van der Waals surface area contributed by atoms with Crippen LogP contribution < -0.4 is 11.1 Å². The van der Waals surface area contributed by atoms with E-state index < -0.39 is 48.2 Å². The molecule has 18 heteroatoms. The van der Waals surface area contributed by atoms with Crippen molar-refractivity contribution in [2.24, 2.45) is 10.9 Å². The standard InChI is InChI=1S/C32H31F6N7O5/c1-18-11-12-22-21(17-18)25(42-26(40-22)27(46)44-15-13-20(14-16-44)19-7-3-2-4-8-19)41-23-9-5-6-10-24(23)45(50-29(48)32(36,37)38)30(39)43-49-28(47)31(33,34)35/h2-4,7-8,11-13,17,23-24H,5-6,9-10,14-16H2,1H3,(H2,39,43)(H,40,41,42). The van der Waals surface area contributed by atoms with Gasteiger partial charge in [-0.1, -0.05) is 60.9 Å². The number of hydrogen-bond acceptors (Lipinski definition) is 9. The molecule has 1 aliphatic carbocycles. The van der Waals surface area contributed by atoms with Gasteiger partial charge in [-0.2, -0.15) is 31.4 Å². The maximum atomic E-state index is 13.7. The minimum atomic E-state index is -5.53. The Kier molecular flexibility index (Phi) is 10.5. The van der Waals surface area contributed by atoms with Crippen molar-refractivity contribution in [3.8, 4) is 0 Å². The van der Waals surface area contributed by atoms with Gasteiger partial charge in [-0.25, -0.2) is 19.6 Å². The summed E-state index contributed by atoms with van der Waals surface area (Å²) in [6.07, 6.45) is -7.37. The minimum absolute atomic E-state index is 0.00390. The number of nitrogens with two attached hydrogens (primary N) is 1. The number of carbonyl (C=O) groups is 3. The van der Waals surface area contributed by atoms with Gasteiger partial charge in [-0.15, -0.1) is 0 Å². The molecule has 2 atom stereocenters. The molecule has 1 fully saturated rings. The van der Waals surface area contributed by atoms with E-state index in [-0.39, 0.29) is 29.5 Å². The fourth-order valence-electron chi connectivity index (χ4n) is 5.70. The van der Waals surface area contributed by atoms with Crippen molar-refractivity contribution in [2.75, 3.05) is 18.4 Å². The quantitative estimate of drug-likeness (QED) is 0.114. The first-order valence-corrected chi connectivity index (χ1v) is 15.4. The van der Waals surface area contributed by atoms with E-state index in [9.17, 15) is 40.7 Å². The van der Waals surface area contributed by atoms with Crippen molar-refractivity contribution in [3.63, 3.8) is 0 Å². The lowest BCUT2D eigenvalue weighted by molar-refractivity contribution is -0.232. The van der Waals surface area contributed by atoms with Crippen LogP contribution >= 0.6 is 0 Å². The SMILES string of the molecule is Cc1ccc2nc(C(=O)N3CC=C(c4ccccc4)CC3)nc(NC3CCCCC3N(OC(=O)C(F)(F)F)/C(N)=N/OC(=O)C(F)(F)F)c2c1. The molecule has 0 saturated heterocycles. The lowest BCUT2D eigenvalue weighted by atomic mass is 9.90. The highest BCUT2D eigenvalue weighted by Crippen LogP contribution is 2.31. The highest BCUT2D eigenvalue weighted by Gasteiger charge is 2.46. The third kappa shape index (κ3) is 8.41. The van der Waals surface area contributed by atoms with Crippen LogP contribution in [0.1, 0.15) is 53.8 Å². The molecule has 0 spiro atoms. The van der Waals surface area contributed by atoms with Crippen molar-refractivity contribution >= 4 is 46.1 Å². The van der Waals surface area contributed by atoms with Crippen LogP contribution in [-0.2, 0) is 19.3 Å². The number of fused-ring (bicyclic) bond motifs is 1. The van der Waals surface area contributed by atoms with Crippen LogP contribution in [-0.4, -0.2) is 81.3 Å². The van der Waals surface area contributed by atoms with Gasteiger partial charge in [-0.3, -0.25) is 4.79 Å². The molecule has 50 heavy (non-hydrogen) atoms. The van der Waals surface area contributed by atoms with E-state index in [1.807, 2.05) is 36.4 Å². The summed E-state index contributed by atoms with van der Waals surface area (Å²) < 4.78 is 77.9. The predicted molar refractivity (Wildman–Crippen MR) is 167 cm³/mol. The van der Waals surface area contributed by atoms with Gasteiger partial charge in [0.15, 0.2) is 0 Å². The highest BCUT2D eigenvalue weighted by atomic mass is 19.4. The van der Waals surface area contributed by atoms with Crippen LogP contribution in [0, 0.1) is 6.92 Å². The molecule has 1 saturated carbocycles. The molecular weight excluding hydrogens is 676 g/mol. The zero-order valence-electron chi connectivity index (χ0n) is 26.4. The Labute approximate surface area is 280 Å². The number of rotatable bonds is 6. The Balaban J connectivity index is 1.46. The molecular formula is C32H31F6N7O5. The molecule has 1 aromatic heterocycles. The average molecular weight is 708 g/mol. The summed E-state index contributed by atoms with van der Waals surface area (Å²) in [6, 6.07) is 12.7. The first kappa shape index (κ1) is 35.9. The van der Waals surface area contributed by atoms with Crippen LogP contribution in [0.4, 0.5) is 32.2 Å². The van der Waals surface area contributed by atoms with E-state index in [0.29, 0.717) is 43.3 Å². The molecule has 3 N–H and O–H groups in total. The first-order valence-electron chi connectivity index (χ1n) is 15.4. The summed E-state index contributed by atoms with van der Waals surface area (Å²) in [5.41, 5.74) is 8.97. The van der Waals surface area contributed by atoms with Crippen molar-refractivity contribution in [1.29, 1.82) is 0 Å². The summed E-state index contributed by atoms with van der Waals surface area (Å²) in [5, 5.41) is 6.56. The molecule has 2 heterocycles.